The zero-order chi connectivity index (χ0) is 20.8. The fourth-order valence-corrected chi connectivity index (χ4v) is 3.51. The Balaban J connectivity index is 1.25. The van der Waals surface area contributed by atoms with E-state index in [-0.39, 0.29) is 12.7 Å². The minimum atomic E-state index is -0.0270. The average molecular weight is 407 g/mol. The number of hydrogen-bond acceptors (Lipinski definition) is 5. The molecule has 0 aromatic heterocycles. The van der Waals surface area contributed by atoms with E-state index in [9.17, 15) is 0 Å². The van der Waals surface area contributed by atoms with Crippen molar-refractivity contribution in [1.29, 1.82) is 5.26 Å². The molecule has 2 aromatic rings. The smallest absolute Gasteiger partial charge is 0.254 e. The van der Waals surface area contributed by atoms with E-state index in [0.29, 0.717) is 5.70 Å². The molecule has 1 aliphatic carbocycles. The van der Waals surface area contributed by atoms with Gasteiger partial charge in [0.2, 0.25) is 6.10 Å². The van der Waals surface area contributed by atoms with Crippen molar-refractivity contribution in [2.24, 2.45) is 5.92 Å². The van der Waals surface area contributed by atoms with E-state index in [0.717, 1.165) is 49.1 Å². The summed E-state index contributed by atoms with van der Waals surface area (Å²) < 4.78 is 10.7. The molecule has 2 N–H and O–H groups in total. The second-order valence-corrected chi connectivity index (χ2v) is 7.84. The summed E-state index contributed by atoms with van der Waals surface area (Å²) >= 11 is 0. The van der Waals surface area contributed by atoms with Gasteiger partial charge in [-0.2, -0.15) is 5.26 Å². The maximum absolute atomic E-state index is 8.50. The highest BCUT2D eigenvalue weighted by molar-refractivity contribution is 5.61. The molecule has 1 saturated carbocycles. The molecular weight excluding hydrogens is 378 g/mol. The summed E-state index contributed by atoms with van der Waals surface area (Å²) in [6, 6.07) is 18.2. The van der Waals surface area contributed by atoms with Crippen molar-refractivity contribution in [3.63, 3.8) is 0 Å². The van der Waals surface area contributed by atoms with Gasteiger partial charge in [0.25, 0.3) is 5.75 Å². The quantitative estimate of drug-likeness (QED) is 0.367. The Labute approximate surface area is 177 Å². The lowest BCUT2D eigenvalue weighted by Crippen LogP contribution is -2.23. The number of nitrogens with zero attached hydrogens (tertiary/aromatic N) is 2. The van der Waals surface area contributed by atoms with Crippen LogP contribution < -0.4 is 15.1 Å². The van der Waals surface area contributed by atoms with Crippen molar-refractivity contribution in [3.8, 4) is 17.6 Å². The molecular formula is C24H28N3O3+. The van der Waals surface area contributed by atoms with Gasteiger partial charge in [-0.1, -0.05) is 6.58 Å². The summed E-state index contributed by atoms with van der Waals surface area (Å²) in [6.45, 7) is 6.65. The lowest BCUT2D eigenvalue weighted by Gasteiger charge is -2.18. The van der Waals surface area contributed by atoms with Gasteiger partial charge in [0.1, 0.15) is 5.75 Å². The third kappa shape index (κ3) is 5.46. The number of anilines is 1. The van der Waals surface area contributed by atoms with Crippen LogP contribution in [0.5, 0.6) is 11.5 Å². The van der Waals surface area contributed by atoms with Crippen molar-refractivity contribution >= 4 is 11.4 Å². The molecule has 30 heavy (non-hydrogen) atoms. The largest absolute Gasteiger partial charge is 0.579 e. The van der Waals surface area contributed by atoms with Gasteiger partial charge in [-0.3, -0.25) is 10.3 Å². The number of benzene rings is 2. The molecule has 6 nitrogen and oxygen atoms in total. The minimum absolute atomic E-state index is 0.0270. The van der Waals surface area contributed by atoms with Crippen LogP contribution in [-0.4, -0.2) is 37.1 Å². The van der Waals surface area contributed by atoms with Crippen LogP contribution in [0.3, 0.4) is 0 Å². The monoisotopic (exact) mass is 406 g/mol. The summed E-state index contributed by atoms with van der Waals surface area (Å²) in [6.07, 6.45) is 3.93. The van der Waals surface area contributed by atoms with Crippen LogP contribution in [0, 0.1) is 17.2 Å². The summed E-state index contributed by atoms with van der Waals surface area (Å²) in [7, 11) is 0. The van der Waals surface area contributed by atoms with E-state index in [1.807, 2.05) is 30.3 Å². The van der Waals surface area contributed by atoms with Crippen molar-refractivity contribution < 1.29 is 14.3 Å². The Hall–Kier alpha value is -3.17. The highest BCUT2D eigenvalue weighted by atomic mass is 16.6. The summed E-state index contributed by atoms with van der Waals surface area (Å²) in [5, 5.41) is 8.50. The van der Waals surface area contributed by atoms with Crippen molar-refractivity contribution in [3.05, 3.63) is 60.7 Å². The first-order valence-corrected chi connectivity index (χ1v) is 10.4. The van der Waals surface area contributed by atoms with Gasteiger partial charge in [0.05, 0.1) is 24.9 Å². The number of rotatable bonds is 10. The van der Waals surface area contributed by atoms with Crippen molar-refractivity contribution in [2.45, 2.75) is 25.4 Å². The molecule has 2 aromatic carbocycles. The highest BCUT2D eigenvalue weighted by Gasteiger charge is 2.28. The van der Waals surface area contributed by atoms with Crippen LogP contribution in [0.1, 0.15) is 24.8 Å². The van der Waals surface area contributed by atoms with Gasteiger partial charge < -0.3 is 14.4 Å². The molecule has 2 fully saturated rings. The van der Waals surface area contributed by atoms with Crippen molar-refractivity contribution in [1.82, 2.24) is 5.48 Å². The third-order valence-electron chi connectivity index (χ3n) is 5.43. The number of ether oxygens (including phenoxy) is 2. The van der Waals surface area contributed by atoms with Gasteiger partial charge in [0.15, 0.2) is 6.61 Å². The standard InChI is InChI=1S/C24H27N3O3/c1-18(26-29-15-13-25)20-4-8-23(9-5-20)30-24-12-14-27(16-24)21-6-10-22(11-7-21)28-17-19-2-3-19/h4-11,19,24,26H,1-3,12,14-17H2/p+1/t24-/m1/s1. The van der Waals surface area contributed by atoms with Crippen LogP contribution >= 0.6 is 0 Å². The Morgan fingerprint density at radius 1 is 1.13 bits per heavy atom. The molecule has 1 heterocycles. The molecule has 0 amide bonds. The lowest BCUT2D eigenvalue weighted by atomic mass is 10.2. The first kappa shape index (κ1) is 20.1. The van der Waals surface area contributed by atoms with E-state index in [1.54, 1.807) is 0 Å². The van der Waals surface area contributed by atoms with E-state index in [2.05, 4.69) is 41.2 Å². The van der Waals surface area contributed by atoms with E-state index < -0.39 is 0 Å². The molecule has 0 bridgehead atoms. The molecule has 2 aliphatic rings. The van der Waals surface area contributed by atoms with Crippen LogP contribution in [0.15, 0.2) is 55.1 Å². The number of aliphatic hydroxyl groups is 1. The predicted molar refractivity (Wildman–Crippen MR) is 117 cm³/mol. The normalized spacial score (nSPS) is 18.0. The molecule has 1 atom stereocenters. The fraction of sp³-hybridized carbons (Fsp3) is 0.375. The van der Waals surface area contributed by atoms with E-state index >= 15 is 0 Å². The second kappa shape index (κ2) is 9.55. The zero-order valence-electron chi connectivity index (χ0n) is 17.1. The first-order chi connectivity index (χ1) is 14.7. The molecule has 156 valence electrons. The Kier molecular flexibility index (Phi) is 6.41. The molecule has 4 rings (SSSR count). The molecule has 1 saturated heterocycles. The predicted octanol–water partition coefficient (Wildman–Crippen LogP) is 4.01. The average Bonchev–Trinajstić information content (AvgIpc) is 3.50. The number of nitrogens with one attached hydrogen (secondary N) is 1. The lowest BCUT2D eigenvalue weighted by molar-refractivity contribution is 0.000619. The molecule has 0 spiro atoms. The number of nitriles is 1. The van der Waals surface area contributed by atoms with Gasteiger partial charge in [-0.05, 0) is 60.7 Å². The molecule has 6 heteroatoms. The maximum atomic E-state index is 8.50. The van der Waals surface area contributed by atoms with Crippen LogP contribution in [0.4, 0.5) is 5.69 Å². The zero-order valence-corrected chi connectivity index (χ0v) is 17.1. The summed E-state index contributed by atoms with van der Waals surface area (Å²) in [5.74, 6) is 2.69. The van der Waals surface area contributed by atoms with Gasteiger partial charge in [0, 0.05) is 30.8 Å². The van der Waals surface area contributed by atoms with E-state index in [1.165, 1.54) is 18.5 Å². The summed E-state index contributed by atoms with van der Waals surface area (Å²) in [5.41, 5.74) is 5.42. The van der Waals surface area contributed by atoms with Gasteiger partial charge >= 0.3 is 0 Å². The summed E-state index contributed by atoms with van der Waals surface area (Å²) in [4.78, 5) is 7.36. The highest BCUT2D eigenvalue weighted by Crippen LogP contribution is 2.30. The van der Waals surface area contributed by atoms with Gasteiger partial charge in [-0.15, -0.1) is 0 Å². The maximum Gasteiger partial charge on any atom is 0.254 e. The Morgan fingerprint density at radius 2 is 1.90 bits per heavy atom. The number of hydrogen-bond donors (Lipinski definition) is 1. The van der Waals surface area contributed by atoms with Crippen LogP contribution in [0.25, 0.3) is 5.70 Å². The topological polar surface area (TPSA) is 70.3 Å². The SMILES string of the molecule is C=C(NOCC#N)c1ccc([OH+][C@@H]2CCN(c3ccc(OCC4CC4)cc3)C2)cc1. The van der Waals surface area contributed by atoms with Crippen LogP contribution in [0.2, 0.25) is 0 Å². The van der Waals surface area contributed by atoms with Crippen LogP contribution in [-0.2, 0) is 4.84 Å². The third-order valence-corrected chi connectivity index (χ3v) is 5.43. The molecule has 0 radical (unpaired) electrons. The van der Waals surface area contributed by atoms with Gasteiger partial charge in [-0.25, -0.2) is 0 Å². The Bertz CT molecular complexity index is 885. The number of aromatic hydroxyl groups is 1. The molecule has 1 aliphatic heterocycles. The van der Waals surface area contributed by atoms with E-state index in [4.69, 9.17) is 19.6 Å². The fourth-order valence-electron chi connectivity index (χ4n) is 3.51. The second-order valence-electron chi connectivity index (χ2n) is 7.84. The first-order valence-electron chi connectivity index (χ1n) is 10.4. The molecule has 0 unspecified atom stereocenters. The van der Waals surface area contributed by atoms with Crippen molar-refractivity contribution in [2.75, 3.05) is 31.2 Å². The minimum Gasteiger partial charge on any atom is -0.579 e. The Morgan fingerprint density at radius 3 is 2.60 bits per heavy atom. The number of hydroxylamine groups is 1.